The average Bonchev–Trinajstić information content (AvgIpc) is 2.75. The first-order valence-corrected chi connectivity index (χ1v) is 10.6. The van der Waals surface area contributed by atoms with Gasteiger partial charge in [0, 0.05) is 51.3 Å². The summed E-state index contributed by atoms with van der Waals surface area (Å²) in [4.78, 5) is 28.6. The van der Waals surface area contributed by atoms with Crippen LogP contribution in [0.1, 0.15) is 18.4 Å². The minimum absolute atomic E-state index is 0.0795. The van der Waals surface area contributed by atoms with E-state index in [1.54, 1.807) is 6.07 Å². The normalized spacial score (nSPS) is 14.0. The van der Waals surface area contributed by atoms with Gasteiger partial charge < -0.3 is 15.1 Å². The molecule has 1 aliphatic rings. The summed E-state index contributed by atoms with van der Waals surface area (Å²) < 4.78 is 0. The summed E-state index contributed by atoms with van der Waals surface area (Å²) in [6.45, 7) is 3.40. The molecule has 7 heteroatoms. The van der Waals surface area contributed by atoms with Gasteiger partial charge in [0.05, 0.1) is 10.0 Å². The minimum Gasteiger partial charge on any atom is -0.368 e. The predicted molar refractivity (Wildman–Crippen MR) is 118 cm³/mol. The molecule has 154 valence electrons. The van der Waals surface area contributed by atoms with Crippen LogP contribution in [0.4, 0.5) is 5.69 Å². The van der Waals surface area contributed by atoms with Gasteiger partial charge in [-0.2, -0.15) is 0 Å². The summed E-state index contributed by atoms with van der Waals surface area (Å²) in [6.07, 6.45) is 1.14. The van der Waals surface area contributed by atoms with Crippen LogP contribution in [0, 0.1) is 0 Å². The number of para-hydroxylation sites is 1. The van der Waals surface area contributed by atoms with E-state index in [0.717, 1.165) is 18.7 Å². The van der Waals surface area contributed by atoms with Crippen LogP contribution in [0.15, 0.2) is 48.5 Å². The van der Waals surface area contributed by atoms with Gasteiger partial charge >= 0.3 is 0 Å². The van der Waals surface area contributed by atoms with Crippen LogP contribution in [-0.2, 0) is 16.0 Å². The van der Waals surface area contributed by atoms with E-state index in [1.807, 2.05) is 35.2 Å². The van der Waals surface area contributed by atoms with E-state index in [4.69, 9.17) is 23.2 Å². The van der Waals surface area contributed by atoms with Gasteiger partial charge in [-0.1, -0.05) is 53.5 Å². The van der Waals surface area contributed by atoms with Gasteiger partial charge in [-0.25, -0.2) is 0 Å². The molecule has 1 saturated heterocycles. The molecule has 29 heavy (non-hydrogen) atoms. The van der Waals surface area contributed by atoms with Crippen molar-refractivity contribution in [2.45, 2.75) is 19.3 Å². The van der Waals surface area contributed by atoms with Crippen LogP contribution in [0.25, 0.3) is 0 Å². The number of carbonyl (C=O) groups excluding carboxylic acids is 2. The lowest BCUT2D eigenvalue weighted by molar-refractivity contribution is -0.131. The molecule has 1 fully saturated rings. The number of nitrogens with one attached hydrogen (secondary N) is 1. The lowest BCUT2D eigenvalue weighted by Gasteiger charge is -2.36. The first kappa shape index (κ1) is 21.5. The highest BCUT2D eigenvalue weighted by molar-refractivity contribution is 6.42. The van der Waals surface area contributed by atoms with Crippen LogP contribution in [0.3, 0.4) is 0 Å². The molecule has 5 nitrogen and oxygen atoms in total. The first-order chi connectivity index (χ1) is 14.0. The third kappa shape index (κ3) is 6.12. The summed E-state index contributed by atoms with van der Waals surface area (Å²) in [5.74, 6) is -0.0152. The van der Waals surface area contributed by atoms with E-state index in [0.29, 0.717) is 48.9 Å². The van der Waals surface area contributed by atoms with Crippen LogP contribution in [0.2, 0.25) is 10.0 Å². The molecule has 2 aromatic carbocycles. The zero-order valence-electron chi connectivity index (χ0n) is 16.2. The van der Waals surface area contributed by atoms with E-state index in [-0.39, 0.29) is 11.8 Å². The third-order valence-corrected chi connectivity index (χ3v) is 5.93. The Kier molecular flexibility index (Phi) is 7.78. The summed E-state index contributed by atoms with van der Waals surface area (Å²) in [5.41, 5.74) is 2.04. The molecule has 0 atom stereocenters. The zero-order chi connectivity index (χ0) is 20.6. The van der Waals surface area contributed by atoms with E-state index in [9.17, 15) is 9.59 Å². The van der Waals surface area contributed by atoms with Gasteiger partial charge in [0.1, 0.15) is 0 Å². The Morgan fingerprint density at radius 1 is 0.897 bits per heavy atom. The van der Waals surface area contributed by atoms with Crippen molar-refractivity contribution >= 4 is 40.7 Å². The molecule has 0 saturated carbocycles. The van der Waals surface area contributed by atoms with Crippen molar-refractivity contribution in [1.29, 1.82) is 0 Å². The number of anilines is 1. The van der Waals surface area contributed by atoms with Gasteiger partial charge in [0.15, 0.2) is 0 Å². The Morgan fingerprint density at radius 2 is 1.62 bits per heavy atom. The standard InChI is InChI=1S/C22H25Cl2N3O2/c23-19-8-4-5-17(22(19)24)9-10-20(28)25-12-11-21(29)27-15-13-26(14-16-27)18-6-2-1-3-7-18/h1-8H,9-16H2,(H,25,28). The van der Waals surface area contributed by atoms with E-state index < -0.39 is 0 Å². The number of hydrogen-bond donors (Lipinski definition) is 1. The van der Waals surface area contributed by atoms with Gasteiger partial charge in [0.2, 0.25) is 11.8 Å². The maximum atomic E-state index is 12.4. The maximum absolute atomic E-state index is 12.4. The number of aryl methyl sites for hydroxylation is 1. The molecule has 0 bridgehead atoms. The fourth-order valence-electron chi connectivity index (χ4n) is 3.40. The number of nitrogens with zero attached hydrogens (tertiary/aromatic N) is 2. The number of piperazine rings is 1. The molecule has 0 radical (unpaired) electrons. The lowest BCUT2D eigenvalue weighted by Crippen LogP contribution is -2.49. The average molecular weight is 434 g/mol. The highest BCUT2D eigenvalue weighted by atomic mass is 35.5. The fourth-order valence-corrected chi connectivity index (χ4v) is 3.81. The highest BCUT2D eigenvalue weighted by Crippen LogP contribution is 2.26. The topological polar surface area (TPSA) is 52.7 Å². The molecule has 3 rings (SSSR count). The molecule has 1 heterocycles. The quantitative estimate of drug-likeness (QED) is 0.722. The molecule has 1 aliphatic heterocycles. The van der Waals surface area contributed by atoms with Gasteiger partial charge in [-0.05, 0) is 30.2 Å². The van der Waals surface area contributed by atoms with Crippen molar-refractivity contribution in [3.05, 3.63) is 64.1 Å². The number of rotatable bonds is 7. The van der Waals surface area contributed by atoms with Crippen LogP contribution < -0.4 is 10.2 Å². The van der Waals surface area contributed by atoms with Crippen molar-refractivity contribution in [1.82, 2.24) is 10.2 Å². The number of hydrogen-bond acceptors (Lipinski definition) is 3. The first-order valence-electron chi connectivity index (χ1n) is 9.82. The second kappa shape index (κ2) is 10.5. The Hall–Kier alpha value is -2.24. The van der Waals surface area contributed by atoms with Crippen molar-refractivity contribution in [3.8, 4) is 0 Å². The van der Waals surface area contributed by atoms with Crippen molar-refractivity contribution in [2.75, 3.05) is 37.6 Å². The maximum Gasteiger partial charge on any atom is 0.224 e. The Bertz CT molecular complexity index is 837. The van der Waals surface area contributed by atoms with Crippen LogP contribution in [-0.4, -0.2) is 49.4 Å². The Balaban J connectivity index is 1.34. The number of benzene rings is 2. The monoisotopic (exact) mass is 433 g/mol. The minimum atomic E-state index is -0.0947. The lowest BCUT2D eigenvalue weighted by atomic mass is 10.1. The Labute approximate surface area is 181 Å². The second-order valence-electron chi connectivity index (χ2n) is 7.02. The second-order valence-corrected chi connectivity index (χ2v) is 7.80. The van der Waals surface area contributed by atoms with E-state index >= 15 is 0 Å². The smallest absolute Gasteiger partial charge is 0.224 e. The Morgan fingerprint density at radius 3 is 2.34 bits per heavy atom. The summed E-state index contributed by atoms with van der Waals surface area (Å²) in [5, 5.41) is 3.80. The van der Waals surface area contributed by atoms with Crippen molar-refractivity contribution in [3.63, 3.8) is 0 Å². The molecule has 0 unspecified atom stereocenters. The molecule has 2 aromatic rings. The molecule has 1 N–H and O–H groups in total. The van der Waals surface area contributed by atoms with Gasteiger partial charge in [-0.15, -0.1) is 0 Å². The predicted octanol–water partition coefficient (Wildman–Crippen LogP) is 3.78. The third-order valence-electron chi connectivity index (χ3n) is 5.07. The van der Waals surface area contributed by atoms with Gasteiger partial charge in [-0.3, -0.25) is 9.59 Å². The number of amides is 2. The zero-order valence-corrected chi connectivity index (χ0v) is 17.8. The molecule has 0 aromatic heterocycles. The fraction of sp³-hybridized carbons (Fsp3) is 0.364. The number of halogens is 2. The summed E-state index contributed by atoms with van der Waals surface area (Å²) in [7, 11) is 0. The highest BCUT2D eigenvalue weighted by Gasteiger charge is 2.21. The summed E-state index contributed by atoms with van der Waals surface area (Å²) >= 11 is 12.1. The molecular weight excluding hydrogens is 409 g/mol. The molecule has 0 aliphatic carbocycles. The van der Waals surface area contributed by atoms with E-state index in [1.165, 1.54) is 5.69 Å². The van der Waals surface area contributed by atoms with Crippen molar-refractivity contribution < 1.29 is 9.59 Å². The molecule has 2 amide bonds. The number of carbonyl (C=O) groups is 2. The van der Waals surface area contributed by atoms with Gasteiger partial charge in [0.25, 0.3) is 0 Å². The summed E-state index contributed by atoms with van der Waals surface area (Å²) in [6, 6.07) is 15.6. The van der Waals surface area contributed by atoms with Crippen molar-refractivity contribution in [2.24, 2.45) is 0 Å². The van der Waals surface area contributed by atoms with Crippen LogP contribution >= 0.6 is 23.2 Å². The largest absolute Gasteiger partial charge is 0.368 e. The van der Waals surface area contributed by atoms with E-state index in [2.05, 4.69) is 22.3 Å². The molecule has 0 spiro atoms. The van der Waals surface area contributed by atoms with Crippen LogP contribution in [0.5, 0.6) is 0 Å². The molecular formula is C22H25Cl2N3O2. The SMILES string of the molecule is O=C(CCc1cccc(Cl)c1Cl)NCCC(=O)N1CCN(c2ccccc2)CC1.